The molecule has 0 aliphatic carbocycles. The van der Waals surface area contributed by atoms with Gasteiger partial charge in [-0.25, -0.2) is 4.79 Å². The fourth-order valence-corrected chi connectivity index (χ4v) is 2.34. The lowest BCUT2D eigenvalue weighted by Crippen LogP contribution is -2.17. The summed E-state index contributed by atoms with van der Waals surface area (Å²) in [7, 11) is 1.96. The normalized spacial score (nSPS) is 11.4. The molecule has 0 unspecified atom stereocenters. The highest BCUT2D eigenvalue weighted by Crippen LogP contribution is 2.21. The number of hydrogen-bond acceptors (Lipinski definition) is 3. The Balaban J connectivity index is 2.36. The first-order chi connectivity index (χ1) is 7.08. The van der Waals surface area contributed by atoms with Gasteiger partial charge >= 0.3 is 5.97 Å². The molecule has 0 atom stereocenters. The Bertz CT molecular complexity index is 362. The average Bonchev–Trinajstić information content (AvgIpc) is 2.50. The first kappa shape index (κ1) is 12.4. The summed E-state index contributed by atoms with van der Waals surface area (Å²) >= 11 is 5.06. The highest BCUT2D eigenvalue weighted by atomic mass is 79.9. The van der Waals surface area contributed by atoms with Crippen LogP contribution in [-0.4, -0.2) is 29.6 Å². The molecule has 0 amide bonds. The van der Waals surface area contributed by atoms with E-state index in [-0.39, 0.29) is 0 Å². The van der Waals surface area contributed by atoms with Gasteiger partial charge in [0.15, 0.2) is 0 Å². The quantitative estimate of drug-likeness (QED) is 0.847. The zero-order chi connectivity index (χ0) is 11.3. The maximum atomic E-state index is 10.2. The Morgan fingerprint density at radius 1 is 1.73 bits per heavy atom. The molecule has 1 aromatic heterocycles. The second-order valence-corrected chi connectivity index (χ2v) is 5.49. The molecule has 5 heteroatoms. The van der Waals surface area contributed by atoms with E-state index in [4.69, 9.17) is 5.11 Å². The van der Waals surface area contributed by atoms with Crippen LogP contribution >= 0.6 is 27.3 Å². The van der Waals surface area contributed by atoms with Crippen LogP contribution in [0.3, 0.4) is 0 Å². The molecule has 0 spiro atoms. The lowest BCUT2D eigenvalue weighted by atomic mass is 10.3. The molecule has 0 saturated carbocycles. The number of hydrogen-bond donors (Lipinski definition) is 1. The molecular weight excluding hydrogens is 278 g/mol. The van der Waals surface area contributed by atoms with Crippen LogP contribution in [0.15, 0.2) is 27.4 Å². The second kappa shape index (κ2) is 6.05. The van der Waals surface area contributed by atoms with Gasteiger partial charge < -0.3 is 5.11 Å². The third kappa shape index (κ3) is 5.11. The fourth-order valence-electron chi connectivity index (χ4n) is 1.14. The van der Waals surface area contributed by atoms with Crippen molar-refractivity contribution < 1.29 is 9.90 Å². The fraction of sp³-hybridized carbons (Fsp3) is 0.300. The summed E-state index contributed by atoms with van der Waals surface area (Å²) in [5.41, 5.74) is 1.23. The van der Waals surface area contributed by atoms with Gasteiger partial charge in [0.05, 0.1) is 3.79 Å². The van der Waals surface area contributed by atoms with E-state index in [1.165, 1.54) is 11.6 Å². The van der Waals surface area contributed by atoms with Crippen molar-refractivity contribution in [3.63, 3.8) is 0 Å². The zero-order valence-corrected chi connectivity index (χ0v) is 10.7. The van der Waals surface area contributed by atoms with Crippen molar-refractivity contribution in [2.45, 2.75) is 6.54 Å². The SMILES string of the molecule is CN(CC=CC(=O)O)Cc1csc(Br)c1. The van der Waals surface area contributed by atoms with Crippen molar-refractivity contribution in [1.82, 2.24) is 4.90 Å². The molecule has 1 N–H and O–H groups in total. The summed E-state index contributed by atoms with van der Waals surface area (Å²) < 4.78 is 1.12. The van der Waals surface area contributed by atoms with E-state index in [0.29, 0.717) is 6.54 Å². The van der Waals surface area contributed by atoms with Gasteiger partial charge in [0.1, 0.15) is 0 Å². The predicted octanol–water partition coefficient (Wildman–Crippen LogP) is 2.58. The molecule has 0 fully saturated rings. The number of thiophene rings is 1. The van der Waals surface area contributed by atoms with Crippen molar-refractivity contribution >= 4 is 33.2 Å². The molecule has 0 aliphatic rings. The van der Waals surface area contributed by atoms with Crippen LogP contribution < -0.4 is 0 Å². The first-order valence-corrected chi connectivity index (χ1v) is 6.06. The number of carboxylic acids is 1. The van der Waals surface area contributed by atoms with E-state index >= 15 is 0 Å². The van der Waals surface area contributed by atoms with Gasteiger partial charge in [-0.1, -0.05) is 6.08 Å². The molecule has 0 bridgehead atoms. The van der Waals surface area contributed by atoms with Crippen molar-refractivity contribution in [1.29, 1.82) is 0 Å². The average molecular weight is 290 g/mol. The largest absolute Gasteiger partial charge is 0.478 e. The highest BCUT2D eigenvalue weighted by molar-refractivity contribution is 9.11. The number of nitrogens with zero attached hydrogens (tertiary/aromatic N) is 1. The standard InChI is InChI=1S/C10H12BrNO2S/c1-12(4-2-3-10(13)14)6-8-5-9(11)15-7-8/h2-3,5,7H,4,6H2,1H3,(H,13,14). The molecule has 0 aromatic carbocycles. The Labute approximate surface area is 101 Å². The molecule has 82 valence electrons. The molecule has 15 heavy (non-hydrogen) atoms. The van der Waals surface area contributed by atoms with Gasteiger partial charge in [-0.05, 0) is 40.0 Å². The topological polar surface area (TPSA) is 40.5 Å². The summed E-state index contributed by atoms with van der Waals surface area (Å²) in [5.74, 6) is -0.901. The maximum absolute atomic E-state index is 10.2. The van der Waals surface area contributed by atoms with E-state index < -0.39 is 5.97 Å². The molecule has 0 aliphatic heterocycles. The maximum Gasteiger partial charge on any atom is 0.328 e. The van der Waals surface area contributed by atoms with Gasteiger partial charge in [0.25, 0.3) is 0 Å². The van der Waals surface area contributed by atoms with Crippen molar-refractivity contribution in [2.24, 2.45) is 0 Å². The summed E-state index contributed by atoms with van der Waals surface area (Å²) in [4.78, 5) is 12.3. The van der Waals surface area contributed by atoms with Crippen LogP contribution in [-0.2, 0) is 11.3 Å². The molecule has 1 heterocycles. The second-order valence-electron chi connectivity index (χ2n) is 3.20. The van der Waals surface area contributed by atoms with Gasteiger partial charge in [-0.15, -0.1) is 11.3 Å². The first-order valence-electron chi connectivity index (χ1n) is 4.39. The minimum Gasteiger partial charge on any atom is -0.478 e. The number of halogens is 1. The van der Waals surface area contributed by atoms with Crippen molar-refractivity contribution in [3.05, 3.63) is 32.9 Å². The smallest absolute Gasteiger partial charge is 0.328 e. The van der Waals surface area contributed by atoms with E-state index in [1.54, 1.807) is 17.4 Å². The highest BCUT2D eigenvalue weighted by Gasteiger charge is 2.00. The molecule has 0 saturated heterocycles. The van der Waals surface area contributed by atoms with E-state index in [0.717, 1.165) is 10.3 Å². The number of aliphatic carboxylic acids is 1. The lowest BCUT2D eigenvalue weighted by molar-refractivity contribution is -0.131. The Morgan fingerprint density at radius 3 is 3.00 bits per heavy atom. The third-order valence-corrected chi connectivity index (χ3v) is 3.31. The van der Waals surface area contributed by atoms with Crippen LogP contribution in [0.5, 0.6) is 0 Å². The van der Waals surface area contributed by atoms with Crippen LogP contribution in [0.1, 0.15) is 5.56 Å². The van der Waals surface area contributed by atoms with Crippen LogP contribution in [0.4, 0.5) is 0 Å². The molecular formula is C10H12BrNO2S. The van der Waals surface area contributed by atoms with Crippen molar-refractivity contribution in [2.75, 3.05) is 13.6 Å². The summed E-state index contributed by atoms with van der Waals surface area (Å²) in [6.07, 6.45) is 2.81. The summed E-state index contributed by atoms with van der Waals surface area (Å²) in [6.45, 7) is 1.46. The van der Waals surface area contributed by atoms with Crippen LogP contribution in [0.25, 0.3) is 0 Å². The minimum absolute atomic E-state index is 0.639. The Morgan fingerprint density at radius 2 is 2.47 bits per heavy atom. The molecule has 3 nitrogen and oxygen atoms in total. The van der Waals surface area contributed by atoms with E-state index in [2.05, 4.69) is 27.4 Å². The van der Waals surface area contributed by atoms with Crippen LogP contribution in [0, 0.1) is 0 Å². The monoisotopic (exact) mass is 289 g/mol. The van der Waals surface area contributed by atoms with Gasteiger partial charge in [0, 0.05) is 19.2 Å². The van der Waals surface area contributed by atoms with E-state index in [1.807, 2.05) is 11.9 Å². The Hall–Kier alpha value is -0.650. The van der Waals surface area contributed by atoms with E-state index in [9.17, 15) is 4.79 Å². The molecule has 1 aromatic rings. The number of likely N-dealkylation sites (N-methyl/N-ethyl adjacent to an activating group) is 1. The summed E-state index contributed by atoms with van der Waals surface area (Å²) in [6, 6.07) is 2.07. The van der Waals surface area contributed by atoms with Crippen LogP contribution in [0.2, 0.25) is 0 Å². The lowest BCUT2D eigenvalue weighted by Gasteiger charge is -2.12. The summed E-state index contributed by atoms with van der Waals surface area (Å²) in [5, 5.41) is 10.5. The number of rotatable bonds is 5. The van der Waals surface area contributed by atoms with Gasteiger partial charge in [-0.2, -0.15) is 0 Å². The zero-order valence-electron chi connectivity index (χ0n) is 8.31. The third-order valence-electron chi connectivity index (χ3n) is 1.75. The number of carboxylic acid groups (broad SMARTS) is 1. The molecule has 1 rings (SSSR count). The van der Waals surface area contributed by atoms with Gasteiger partial charge in [0.2, 0.25) is 0 Å². The van der Waals surface area contributed by atoms with Gasteiger partial charge in [-0.3, -0.25) is 4.90 Å². The minimum atomic E-state index is -0.901. The predicted molar refractivity (Wildman–Crippen MR) is 65.1 cm³/mol. The number of carbonyl (C=O) groups is 1. The Kier molecular flexibility index (Phi) is 5.01. The van der Waals surface area contributed by atoms with Crippen molar-refractivity contribution in [3.8, 4) is 0 Å². The molecule has 0 radical (unpaired) electrons.